The van der Waals surface area contributed by atoms with Crippen molar-refractivity contribution in [3.05, 3.63) is 66.9 Å². The summed E-state index contributed by atoms with van der Waals surface area (Å²) < 4.78 is 0.929. The number of carbonyl (C=O) groups excluding carboxylic acids is 1. The molecule has 20 heavy (non-hydrogen) atoms. The van der Waals surface area contributed by atoms with E-state index in [9.17, 15) is 14.4 Å². The Hall–Kier alpha value is -2.48. The van der Waals surface area contributed by atoms with E-state index in [0.717, 1.165) is 16.2 Å². The van der Waals surface area contributed by atoms with Gasteiger partial charge in [-0.3, -0.25) is 14.6 Å². The fourth-order valence-electron chi connectivity index (χ4n) is 1.35. The fraction of sp³-hybridized carbons (Fsp3) is 0. The molecule has 0 spiro atoms. The lowest BCUT2D eigenvalue weighted by atomic mass is 10.2. The molecular weight excluding hydrogens is 328 g/mol. The second kappa shape index (κ2) is 6.11. The largest absolute Gasteiger partial charge is 0.325 e. The number of nitrogens with zero attached hydrogens (tertiary/aromatic N) is 1. The lowest BCUT2D eigenvalue weighted by molar-refractivity contribution is 0.0953. The van der Waals surface area contributed by atoms with Gasteiger partial charge in [0, 0.05) is 10.7 Å². The zero-order chi connectivity index (χ0) is 14.5. The van der Waals surface area contributed by atoms with Crippen LogP contribution in [0.25, 0.3) is 0 Å². The molecule has 0 radical (unpaired) electrons. The molecule has 8 heteroatoms. The number of carbonyl (C=O) groups is 1. The van der Waals surface area contributed by atoms with Crippen molar-refractivity contribution in [2.75, 3.05) is 0 Å². The summed E-state index contributed by atoms with van der Waals surface area (Å²) in [6, 6.07) is 7.25. The molecule has 0 unspecified atom stereocenters. The number of hydrogen-bond acceptors (Lipinski definition) is 4. The number of amides is 1. The number of aromatic amines is 2. The Bertz CT molecular complexity index is 761. The Morgan fingerprint density at radius 3 is 2.60 bits per heavy atom. The molecule has 102 valence electrons. The van der Waals surface area contributed by atoms with Crippen molar-refractivity contribution in [2.45, 2.75) is 0 Å². The van der Waals surface area contributed by atoms with Gasteiger partial charge in [0.15, 0.2) is 0 Å². The number of hydrogen-bond donors (Lipinski definition) is 3. The monoisotopic (exact) mass is 336 g/mol. The number of nitrogens with one attached hydrogen (secondary N) is 3. The molecule has 3 N–H and O–H groups in total. The molecule has 0 aliphatic carbocycles. The van der Waals surface area contributed by atoms with Crippen LogP contribution in [0.15, 0.2) is 49.6 Å². The zero-order valence-corrected chi connectivity index (χ0v) is 11.6. The Balaban J connectivity index is 2.07. The number of benzene rings is 1. The molecule has 2 aromatic rings. The SMILES string of the molecule is O=C(N/N=C/c1ccc(Br)cc1)c1c[nH]c(=O)[nH]c1=O. The predicted molar refractivity (Wildman–Crippen MR) is 76.9 cm³/mol. The molecule has 0 fully saturated rings. The van der Waals surface area contributed by atoms with E-state index in [-0.39, 0.29) is 5.56 Å². The van der Waals surface area contributed by atoms with E-state index in [1.54, 1.807) is 12.1 Å². The highest BCUT2D eigenvalue weighted by Crippen LogP contribution is 2.08. The maximum Gasteiger partial charge on any atom is 0.325 e. The highest BCUT2D eigenvalue weighted by Gasteiger charge is 2.09. The number of aromatic nitrogens is 2. The van der Waals surface area contributed by atoms with Crippen LogP contribution < -0.4 is 16.7 Å². The number of halogens is 1. The molecular formula is C12H9BrN4O3. The lowest BCUT2D eigenvalue weighted by Crippen LogP contribution is -2.31. The lowest BCUT2D eigenvalue weighted by Gasteiger charge is -1.98. The fourth-order valence-corrected chi connectivity index (χ4v) is 1.62. The topological polar surface area (TPSA) is 107 Å². The number of H-pyrrole nitrogens is 2. The minimum absolute atomic E-state index is 0.224. The first-order chi connectivity index (χ1) is 9.56. The van der Waals surface area contributed by atoms with Gasteiger partial charge in [-0.1, -0.05) is 28.1 Å². The van der Waals surface area contributed by atoms with Gasteiger partial charge in [-0.05, 0) is 17.7 Å². The number of rotatable bonds is 3. The van der Waals surface area contributed by atoms with Crippen LogP contribution in [0.2, 0.25) is 0 Å². The molecule has 1 aromatic carbocycles. The van der Waals surface area contributed by atoms with Crippen LogP contribution in [0, 0.1) is 0 Å². The molecule has 0 atom stereocenters. The third-order valence-electron chi connectivity index (χ3n) is 2.31. The van der Waals surface area contributed by atoms with Crippen molar-refractivity contribution in [2.24, 2.45) is 5.10 Å². The van der Waals surface area contributed by atoms with Gasteiger partial charge in [0.25, 0.3) is 11.5 Å². The summed E-state index contributed by atoms with van der Waals surface area (Å²) in [6.07, 6.45) is 2.47. The zero-order valence-electron chi connectivity index (χ0n) is 10.0. The summed E-state index contributed by atoms with van der Waals surface area (Å²) in [5.74, 6) is -0.712. The van der Waals surface area contributed by atoms with Gasteiger partial charge in [0.1, 0.15) is 5.56 Å². The summed E-state index contributed by atoms with van der Waals surface area (Å²) in [5, 5.41) is 3.73. The minimum atomic E-state index is -0.773. The van der Waals surface area contributed by atoms with Crippen molar-refractivity contribution >= 4 is 28.1 Å². The van der Waals surface area contributed by atoms with Crippen LogP contribution in [0.1, 0.15) is 15.9 Å². The van der Waals surface area contributed by atoms with Crippen molar-refractivity contribution in [3.63, 3.8) is 0 Å². The first-order valence-electron chi connectivity index (χ1n) is 5.47. The average Bonchev–Trinajstić information content (AvgIpc) is 2.41. The molecule has 7 nitrogen and oxygen atoms in total. The second-order valence-corrected chi connectivity index (χ2v) is 4.65. The van der Waals surface area contributed by atoms with Crippen LogP contribution in [0.3, 0.4) is 0 Å². The van der Waals surface area contributed by atoms with Crippen LogP contribution >= 0.6 is 15.9 Å². The Morgan fingerprint density at radius 2 is 1.95 bits per heavy atom. The maximum atomic E-state index is 11.6. The third-order valence-corrected chi connectivity index (χ3v) is 2.84. The van der Waals surface area contributed by atoms with E-state index in [1.807, 2.05) is 17.1 Å². The molecule has 0 saturated heterocycles. The van der Waals surface area contributed by atoms with Crippen molar-refractivity contribution in [1.82, 2.24) is 15.4 Å². The first-order valence-corrected chi connectivity index (χ1v) is 6.26. The van der Waals surface area contributed by atoms with E-state index in [0.29, 0.717) is 0 Å². The molecule has 0 aliphatic heterocycles. The normalized spacial score (nSPS) is 10.7. The summed E-state index contributed by atoms with van der Waals surface area (Å²) in [6.45, 7) is 0. The van der Waals surface area contributed by atoms with Crippen molar-refractivity contribution in [1.29, 1.82) is 0 Å². The van der Waals surface area contributed by atoms with Gasteiger partial charge in [-0.15, -0.1) is 0 Å². The van der Waals surface area contributed by atoms with Gasteiger partial charge >= 0.3 is 5.69 Å². The molecule has 2 rings (SSSR count). The maximum absolute atomic E-state index is 11.6. The highest BCUT2D eigenvalue weighted by atomic mass is 79.9. The summed E-state index contributed by atoms with van der Waals surface area (Å²) >= 11 is 3.30. The van der Waals surface area contributed by atoms with Crippen LogP contribution in [0.4, 0.5) is 0 Å². The minimum Gasteiger partial charge on any atom is -0.313 e. The molecule has 1 heterocycles. The van der Waals surface area contributed by atoms with Gasteiger partial charge in [-0.25, -0.2) is 10.2 Å². The van der Waals surface area contributed by atoms with E-state index in [4.69, 9.17) is 0 Å². The van der Waals surface area contributed by atoms with Crippen molar-refractivity contribution in [3.8, 4) is 0 Å². The quantitative estimate of drug-likeness (QED) is 0.563. The highest BCUT2D eigenvalue weighted by molar-refractivity contribution is 9.10. The summed E-state index contributed by atoms with van der Waals surface area (Å²) in [5.41, 5.74) is 1.31. The first kappa shape index (κ1) is 13.9. The molecule has 0 aliphatic rings. The Kier molecular flexibility index (Phi) is 4.26. The van der Waals surface area contributed by atoms with Gasteiger partial charge < -0.3 is 4.98 Å². The van der Waals surface area contributed by atoms with Crippen LogP contribution in [-0.4, -0.2) is 22.1 Å². The standard InChI is InChI=1S/C12H9BrN4O3/c13-8-3-1-7(2-4-8)5-15-17-11(19)9-6-14-12(20)16-10(9)18/h1-6H,(H,17,19)(H2,14,16,18,20)/b15-5+. The predicted octanol–water partition coefficient (Wildman–Crippen LogP) is 0.590. The van der Waals surface area contributed by atoms with Gasteiger partial charge in [0.2, 0.25) is 0 Å². The van der Waals surface area contributed by atoms with Gasteiger partial charge in [0.05, 0.1) is 6.21 Å². The van der Waals surface area contributed by atoms with Crippen LogP contribution in [0.5, 0.6) is 0 Å². The molecule has 1 aromatic heterocycles. The van der Waals surface area contributed by atoms with Crippen molar-refractivity contribution < 1.29 is 4.79 Å². The van der Waals surface area contributed by atoms with Gasteiger partial charge in [-0.2, -0.15) is 5.10 Å². The average molecular weight is 337 g/mol. The Morgan fingerprint density at radius 1 is 1.25 bits per heavy atom. The van der Waals surface area contributed by atoms with E-state index >= 15 is 0 Å². The number of hydrazone groups is 1. The summed E-state index contributed by atoms with van der Waals surface area (Å²) in [4.78, 5) is 38.0. The smallest absolute Gasteiger partial charge is 0.313 e. The molecule has 1 amide bonds. The molecule has 0 bridgehead atoms. The van der Waals surface area contributed by atoms with E-state index in [2.05, 4.69) is 31.4 Å². The third kappa shape index (κ3) is 3.51. The second-order valence-electron chi connectivity index (χ2n) is 3.74. The van der Waals surface area contributed by atoms with Crippen LogP contribution in [-0.2, 0) is 0 Å². The Labute approximate surface area is 120 Å². The van der Waals surface area contributed by atoms with E-state index < -0.39 is 17.2 Å². The van der Waals surface area contributed by atoms with E-state index in [1.165, 1.54) is 6.21 Å². The summed E-state index contributed by atoms with van der Waals surface area (Å²) in [7, 11) is 0. The molecule has 0 saturated carbocycles.